The first-order valence-electron chi connectivity index (χ1n) is 9.39. The largest absolute Gasteiger partial charge is 0.480 e. The van der Waals surface area contributed by atoms with Crippen molar-refractivity contribution < 1.29 is 23.9 Å². The highest BCUT2D eigenvalue weighted by molar-refractivity contribution is 5.92. The van der Waals surface area contributed by atoms with Crippen LogP contribution in [-0.4, -0.2) is 45.4 Å². The lowest BCUT2D eigenvalue weighted by molar-refractivity contribution is -0.142. The summed E-state index contributed by atoms with van der Waals surface area (Å²) in [5.41, 5.74) is 1.73. The zero-order valence-corrected chi connectivity index (χ0v) is 15.6. The number of furan rings is 1. The van der Waals surface area contributed by atoms with E-state index in [0.29, 0.717) is 12.3 Å². The van der Waals surface area contributed by atoms with Crippen LogP contribution in [0.25, 0.3) is 10.9 Å². The first-order chi connectivity index (χ1) is 14.0. The molecular weight excluding hydrogens is 374 g/mol. The summed E-state index contributed by atoms with van der Waals surface area (Å²) in [7, 11) is 0. The zero-order valence-electron chi connectivity index (χ0n) is 15.6. The van der Waals surface area contributed by atoms with Gasteiger partial charge in [-0.2, -0.15) is 0 Å². The molecule has 2 aromatic heterocycles. The zero-order chi connectivity index (χ0) is 20.4. The highest BCUT2D eigenvalue weighted by Gasteiger charge is 2.36. The van der Waals surface area contributed by atoms with E-state index in [1.54, 1.807) is 23.2 Å². The van der Waals surface area contributed by atoms with Gasteiger partial charge in [0.25, 0.3) is 0 Å². The van der Waals surface area contributed by atoms with Gasteiger partial charge in [-0.25, -0.2) is 4.79 Å². The van der Waals surface area contributed by atoms with Gasteiger partial charge in [-0.05, 0) is 23.8 Å². The van der Waals surface area contributed by atoms with Crippen LogP contribution >= 0.6 is 0 Å². The second-order valence-electron chi connectivity index (χ2n) is 7.22. The van der Waals surface area contributed by atoms with E-state index in [0.717, 1.165) is 16.5 Å². The Morgan fingerprint density at radius 3 is 2.86 bits per heavy atom. The summed E-state index contributed by atoms with van der Waals surface area (Å²) in [6, 6.07) is 10.0. The molecule has 0 saturated carbocycles. The number of likely N-dealkylation sites (tertiary alicyclic amines) is 1. The Kier molecular flexibility index (Phi) is 5.07. The van der Waals surface area contributed by atoms with Crippen molar-refractivity contribution in [3.05, 3.63) is 60.2 Å². The number of amides is 2. The van der Waals surface area contributed by atoms with Gasteiger partial charge in [-0.15, -0.1) is 0 Å². The predicted octanol–water partition coefficient (Wildman–Crippen LogP) is 1.92. The van der Waals surface area contributed by atoms with Crippen molar-refractivity contribution in [1.29, 1.82) is 0 Å². The fourth-order valence-electron chi connectivity index (χ4n) is 3.70. The van der Waals surface area contributed by atoms with Crippen LogP contribution in [0.4, 0.5) is 0 Å². The summed E-state index contributed by atoms with van der Waals surface area (Å²) in [5, 5.41) is 13.1. The number of aromatic nitrogens is 1. The van der Waals surface area contributed by atoms with Crippen molar-refractivity contribution in [2.45, 2.75) is 25.4 Å². The van der Waals surface area contributed by atoms with Gasteiger partial charge in [-0.1, -0.05) is 18.2 Å². The standard InChI is InChI=1S/C21H21N3O5/c25-19-9-14(11-24(19)12-15-4-3-7-29-15)20(26)23-18(21(27)28)8-13-10-22-17-6-2-1-5-16(13)17/h1-7,10,14,18,22H,8-9,11-12H2,(H,23,26)(H,27,28). The van der Waals surface area contributed by atoms with E-state index >= 15 is 0 Å². The van der Waals surface area contributed by atoms with Crippen molar-refractivity contribution in [3.8, 4) is 0 Å². The molecule has 2 amide bonds. The molecule has 0 radical (unpaired) electrons. The summed E-state index contributed by atoms with van der Waals surface area (Å²) < 4.78 is 5.25. The minimum atomic E-state index is -1.11. The molecule has 29 heavy (non-hydrogen) atoms. The highest BCUT2D eigenvalue weighted by atomic mass is 16.4. The van der Waals surface area contributed by atoms with Gasteiger partial charge in [0.15, 0.2) is 0 Å². The quantitative estimate of drug-likeness (QED) is 0.565. The number of carbonyl (C=O) groups is 3. The van der Waals surface area contributed by atoms with E-state index in [-0.39, 0.29) is 25.3 Å². The maximum atomic E-state index is 12.7. The SMILES string of the molecule is O=C(NC(Cc1c[nH]c2ccccc12)C(=O)O)C1CC(=O)N(Cc2ccco2)C1. The summed E-state index contributed by atoms with van der Waals surface area (Å²) in [4.78, 5) is 41.3. The van der Waals surface area contributed by atoms with Gasteiger partial charge < -0.3 is 24.7 Å². The molecule has 1 saturated heterocycles. The third-order valence-corrected chi connectivity index (χ3v) is 5.23. The van der Waals surface area contributed by atoms with Crippen molar-refractivity contribution in [3.63, 3.8) is 0 Å². The number of aromatic amines is 1. The fourth-order valence-corrected chi connectivity index (χ4v) is 3.70. The van der Waals surface area contributed by atoms with Crippen LogP contribution in [0.15, 0.2) is 53.3 Å². The Morgan fingerprint density at radius 1 is 1.28 bits per heavy atom. The van der Waals surface area contributed by atoms with E-state index in [1.807, 2.05) is 24.3 Å². The number of carbonyl (C=O) groups excluding carboxylic acids is 2. The van der Waals surface area contributed by atoms with Crippen LogP contribution in [0.5, 0.6) is 0 Å². The van der Waals surface area contributed by atoms with Crippen LogP contribution < -0.4 is 5.32 Å². The maximum absolute atomic E-state index is 12.7. The molecule has 2 atom stereocenters. The van der Waals surface area contributed by atoms with Gasteiger partial charge in [0.05, 0.1) is 18.7 Å². The molecule has 1 aliphatic rings. The minimum absolute atomic E-state index is 0.0615. The number of benzene rings is 1. The van der Waals surface area contributed by atoms with E-state index in [2.05, 4.69) is 10.3 Å². The number of rotatable bonds is 7. The summed E-state index contributed by atoms with van der Waals surface area (Å²) in [6.45, 7) is 0.540. The number of hydrogen-bond donors (Lipinski definition) is 3. The summed E-state index contributed by atoms with van der Waals surface area (Å²) >= 11 is 0. The summed E-state index contributed by atoms with van der Waals surface area (Å²) in [6.07, 6.45) is 3.51. The number of H-pyrrole nitrogens is 1. The molecule has 2 unspecified atom stereocenters. The van der Waals surface area contributed by atoms with Gasteiger partial charge in [-0.3, -0.25) is 9.59 Å². The van der Waals surface area contributed by atoms with E-state index in [1.165, 1.54) is 6.26 Å². The van der Waals surface area contributed by atoms with Crippen LogP contribution in [-0.2, 0) is 27.3 Å². The number of fused-ring (bicyclic) bond motifs is 1. The van der Waals surface area contributed by atoms with Crippen molar-refractivity contribution in [2.24, 2.45) is 5.92 Å². The molecular formula is C21H21N3O5. The average molecular weight is 395 g/mol. The first-order valence-corrected chi connectivity index (χ1v) is 9.39. The molecule has 1 fully saturated rings. The lowest BCUT2D eigenvalue weighted by Gasteiger charge is -2.18. The number of aliphatic carboxylic acids is 1. The average Bonchev–Trinajstić information content (AvgIpc) is 3.43. The Bertz CT molecular complexity index is 1040. The Morgan fingerprint density at radius 2 is 2.10 bits per heavy atom. The number of nitrogens with zero attached hydrogens (tertiary/aromatic N) is 1. The van der Waals surface area contributed by atoms with Crippen LogP contribution in [0, 0.1) is 5.92 Å². The first kappa shape index (κ1) is 18.8. The fraction of sp³-hybridized carbons (Fsp3) is 0.286. The molecule has 0 spiro atoms. The van der Waals surface area contributed by atoms with E-state index in [9.17, 15) is 19.5 Å². The van der Waals surface area contributed by atoms with Gasteiger partial charge >= 0.3 is 5.97 Å². The molecule has 3 heterocycles. The molecule has 3 aromatic rings. The van der Waals surface area contributed by atoms with Crippen LogP contribution in [0.1, 0.15) is 17.7 Å². The monoisotopic (exact) mass is 395 g/mol. The van der Waals surface area contributed by atoms with Gasteiger partial charge in [0.1, 0.15) is 11.8 Å². The number of carboxylic acid groups (broad SMARTS) is 1. The Hall–Kier alpha value is -3.55. The molecule has 0 bridgehead atoms. The summed E-state index contributed by atoms with van der Waals surface area (Å²) in [5.74, 6) is -1.62. The molecule has 150 valence electrons. The smallest absolute Gasteiger partial charge is 0.326 e. The predicted molar refractivity (Wildman–Crippen MR) is 104 cm³/mol. The normalized spacial score (nSPS) is 17.6. The lowest BCUT2D eigenvalue weighted by atomic mass is 10.0. The van der Waals surface area contributed by atoms with Gasteiger partial charge in [0, 0.05) is 36.5 Å². The van der Waals surface area contributed by atoms with E-state index in [4.69, 9.17) is 4.42 Å². The molecule has 8 heteroatoms. The van der Waals surface area contributed by atoms with Crippen LogP contribution in [0.3, 0.4) is 0 Å². The number of para-hydroxylation sites is 1. The second kappa shape index (κ2) is 7.83. The van der Waals surface area contributed by atoms with Crippen molar-refractivity contribution >= 4 is 28.7 Å². The Balaban J connectivity index is 1.41. The third kappa shape index (κ3) is 4.01. The van der Waals surface area contributed by atoms with E-state index < -0.39 is 23.8 Å². The van der Waals surface area contributed by atoms with Crippen LogP contribution in [0.2, 0.25) is 0 Å². The van der Waals surface area contributed by atoms with Crippen molar-refractivity contribution in [2.75, 3.05) is 6.54 Å². The molecule has 8 nitrogen and oxygen atoms in total. The maximum Gasteiger partial charge on any atom is 0.326 e. The molecule has 0 aliphatic carbocycles. The lowest BCUT2D eigenvalue weighted by Crippen LogP contribution is -2.45. The topological polar surface area (TPSA) is 116 Å². The minimum Gasteiger partial charge on any atom is -0.480 e. The Labute approximate surface area is 166 Å². The molecule has 4 rings (SSSR count). The third-order valence-electron chi connectivity index (χ3n) is 5.23. The van der Waals surface area contributed by atoms with Gasteiger partial charge in [0.2, 0.25) is 11.8 Å². The molecule has 1 aromatic carbocycles. The molecule has 1 aliphatic heterocycles. The molecule has 3 N–H and O–H groups in total. The second-order valence-corrected chi connectivity index (χ2v) is 7.22. The number of nitrogens with one attached hydrogen (secondary N) is 2. The number of carboxylic acids is 1. The van der Waals surface area contributed by atoms with Crippen molar-refractivity contribution in [1.82, 2.24) is 15.2 Å². The number of hydrogen-bond acceptors (Lipinski definition) is 4. The highest BCUT2D eigenvalue weighted by Crippen LogP contribution is 2.22.